The fourth-order valence-corrected chi connectivity index (χ4v) is 3.43. The van der Waals surface area contributed by atoms with Gasteiger partial charge in [-0.1, -0.05) is 42.5 Å². The van der Waals surface area contributed by atoms with E-state index in [-0.39, 0.29) is 24.3 Å². The maximum atomic E-state index is 12.2. The van der Waals surface area contributed by atoms with Crippen molar-refractivity contribution in [3.63, 3.8) is 0 Å². The van der Waals surface area contributed by atoms with E-state index in [1.54, 1.807) is 0 Å². The van der Waals surface area contributed by atoms with Gasteiger partial charge in [0.25, 0.3) is 0 Å². The van der Waals surface area contributed by atoms with Gasteiger partial charge in [0, 0.05) is 19.0 Å². The van der Waals surface area contributed by atoms with Crippen LogP contribution in [0.4, 0.5) is 0 Å². The summed E-state index contributed by atoms with van der Waals surface area (Å²) in [6.45, 7) is 0.529. The van der Waals surface area contributed by atoms with Crippen molar-refractivity contribution in [3.05, 3.63) is 48.0 Å². The van der Waals surface area contributed by atoms with Crippen molar-refractivity contribution in [2.24, 2.45) is 5.92 Å². The zero-order valence-electron chi connectivity index (χ0n) is 13.0. The average molecular weight is 332 g/mol. The van der Waals surface area contributed by atoms with Crippen molar-refractivity contribution in [1.29, 1.82) is 0 Å². The number of nitrogens with one attached hydrogen (secondary N) is 2. The van der Waals surface area contributed by atoms with Gasteiger partial charge in [0.15, 0.2) is 0 Å². The maximum Gasteiger partial charge on any atom is 0.223 e. The van der Waals surface area contributed by atoms with Crippen LogP contribution in [0.2, 0.25) is 0 Å². The molecule has 5 nitrogen and oxygen atoms in total. The van der Waals surface area contributed by atoms with E-state index in [4.69, 9.17) is 0 Å². The Bertz CT molecular complexity index is 827. The maximum absolute atomic E-state index is 12.2. The van der Waals surface area contributed by atoms with Crippen LogP contribution in [-0.2, 0) is 14.8 Å². The van der Waals surface area contributed by atoms with Gasteiger partial charge in [-0.15, -0.1) is 0 Å². The molecule has 0 unspecified atom stereocenters. The van der Waals surface area contributed by atoms with Gasteiger partial charge in [-0.25, -0.2) is 13.1 Å². The number of carbonyl (C=O) groups excluding carboxylic acids is 1. The summed E-state index contributed by atoms with van der Waals surface area (Å²) in [5.41, 5.74) is 1.22. The minimum absolute atomic E-state index is 0.00163. The molecule has 0 bridgehead atoms. The van der Waals surface area contributed by atoms with Crippen molar-refractivity contribution in [2.75, 3.05) is 19.3 Å². The monoisotopic (exact) mass is 332 g/mol. The molecule has 0 heterocycles. The summed E-state index contributed by atoms with van der Waals surface area (Å²) in [5.74, 6) is 0.237. The molecule has 2 N–H and O–H groups in total. The van der Waals surface area contributed by atoms with Crippen LogP contribution in [0.3, 0.4) is 0 Å². The summed E-state index contributed by atoms with van der Waals surface area (Å²) in [5, 5.41) is 5.19. The normalized spacial score (nSPS) is 20.4. The van der Waals surface area contributed by atoms with Crippen LogP contribution in [0.5, 0.6) is 0 Å². The lowest BCUT2D eigenvalue weighted by molar-refractivity contribution is -0.122. The molecule has 23 heavy (non-hydrogen) atoms. The number of hydrogen-bond acceptors (Lipinski definition) is 3. The Balaban J connectivity index is 1.59. The zero-order chi connectivity index (χ0) is 16.4. The van der Waals surface area contributed by atoms with Gasteiger partial charge in [-0.2, -0.15) is 0 Å². The van der Waals surface area contributed by atoms with Crippen molar-refractivity contribution in [3.8, 4) is 0 Å². The number of rotatable bonds is 6. The van der Waals surface area contributed by atoms with Crippen molar-refractivity contribution in [1.82, 2.24) is 10.0 Å². The molecule has 0 radical (unpaired) electrons. The Labute approximate surface area is 136 Å². The quantitative estimate of drug-likeness (QED) is 0.789. The Kier molecular flexibility index (Phi) is 4.37. The van der Waals surface area contributed by atoms with Crippen LogP contribution in [0, 0.1) is 5.92 Å². The lowest BCUT2D eigenvalue weighted by atomic mass is 10.00. The molecule has 1 aliphatic carbocycles. The summed E-state index contributed by atoms with van der Waals surface area (Å²) in [7, 11) is -3.21. The minimum Gasteiger partial charge on any atom is -0.355 e. The molecule has 0 spiro atoms. The lowest BCUT2D eigenvalue weighted by Crippen LogP contribution is -2.35. The molecule has 1 saturated carbocycles. The number of carbonyl (C=O) groups is 1. The van der Waals surface area contributed by atoms with E-state index >= 15 is 0 Å². The largest absolute Gasteiger partial charge is 0.355 e. The van der Waals surface area contributed by atoms with Gasteiger partial charge >= 0.3 is 0 Å². The third-order valence-corrected chi connectivity index (χ3v) is 4.87. The molecule has 3 rings (SSSR count). The van der Waals surface area contributed by atoms with Crippen LogP contribution >= 0.6 is 0 Å². The minimum atomic E-state index is -3.21. The molecule has 2 atom stereocenters. The molecule has 2 aromatic rings. The first-order valence-electron chi connectivity index (χ1n) is 7.66. The van der Waals surface area contributed by atoms with Crippen molar-refractivity contribution in [2.45, 2.75) is 12.3 Å². The number of hydrogen-bond donors (Lipinski definition) is 2. The van der Waals surface area contributed by atoms with Crippen LogP contribution < -0.4 is 10.0 Å². The zero-order valence-corrected chi connectivity index (χ0v) is 13.8. The third kappa shape index (κ3) is 3.89. The smallest absolute Gasteiger partial charge is 0.223 e. The molecule has 2 aromatic carbocycles. The first kappa shape index (κ1) is 16.0. The van der Waals surface area contributed by atoms with Crippen molar-refractivity contribution < 1.29 is 13.2 Å². The highest BCUT2D eigenvalue weighted by Gasteiger charge is 2.44. The van der Waals surface area contributed by atoms with Gasteiger partial charge in [-0.3, -0.25) is 4.79 Å². The summed E-state index contributed by atoms with van der Waals surface area (Å²) in [4.78, 5) is 12.2. The summed E-state index contributed by atoms with van der Waals surface area (Å²) in [6, 6.07) is 14.4. The molecular formula is C17H20N2O3S. The van der Waals surface area contributed by atoms with E-state index in [0.29, 0.717) is 6.54 Å². The highest BCUT2D eigenvalue weighted by atomic mass is 32.2. The predicted octanol–water partition coefficient (Wildman–Crippen LogP) is 1.61. The number of sulfonamides is 1. The predicted molar refractivity (Wildman–Crippen MR) is 90.7 cm³/mol. The molecule has 1 aliphatic rings. The number of fused-ring (bicyclic) bond motifs is 1. The summed E-state index contributed by atoms with van der Waals surface area (Å²) in [6.07, 6.45) is 1.95. The van der Waals surface area contributed by atoms with Gasteiger partial charge in [-0.05, 0) is 28.7 Å². The molecule has 6 heteroatoms. The van der Waals surface area contributed by atoms with Crippen LogP contribution in [-0.4, -0.2) is 33.7 Å². The van der Waals surface area contributed by atoms with E-state index in [9.17, 15) is 13.2 Å². The molecule has 1 fully saturated rings. The van der Waals surface area contributed by atoms with Crippen LogP contribution in [0.15, 0.2) is 42.5 Å². The summed E-state index contributed by atoms with van der Waals surface area (Å²) >= 11 is 0. The Morgan fingerprint density at radius 2 is 1.87 bits per heavy atom. The molecule has 0 saturated heterocycles. The fourth-order valence-electron chi connectivity index (χ4n) is 2.96. The SMILES string of the molecule is CS(=O)(=O)NCCNC(=O)[C@@H]1C[C@H]1c1cccc2ccccc12. The standard InChI is InChI=1S/C17H20N2O3S/c1-23(21,22)19-10-9-18-17(20)16-11-15(16)14-8-4-6-12-5-2-3-7-13(12)14/h2-8,15-16,19H,9-11H2,1H3,(H,18,20)/t15-,16+/m0/s1. The molecule has 0 aromatic heterocycles. The van der Waals surface area contributed by atoms with Crippen molar-refractivity contribution >= 4 is 26.7 Å². The first-order valence-corrected chi connectivity index (χ1v) is 9.55. The van der Waals surface area contributed by atoms with E-state index in [1.165, 1.54) is 16.3 Å². The van der Waals surface area contributed by atoms with Gasteiger partial charge in [0.2, 0.25) is 15.9 Å². The molecule has 1 amide bonds. The average Bonchev–Trinajstić information content (AvgIpc) is 3.30. The summed E-state index contributed by atoms with van der Waals surface area (Å²) < 4.78 is 24.3. The second-order valence-electron chi connectivity index (χ2n) is 5.97. The van der Waals surface area contributed by atoms with E-state index < -0.39 is 10.0 Å². The van der Waals surface area contributed by atoms with Gasteiger partial charge in [0.05, 0.1) is 6.26 Å². The molecule has 0 aliphatic heterocycles. The van der Waals surface area contributed by atoms with E-state index in [2.05, 4.69) is 34.3 Å². The van der Waals surface area contributed by atoms with E-state index in [1.807, 2.05) is 18.2 Å². The Morgan fingerprint density at radius 3 is 2.65 bits per heavy atom. The van der Waals surface area contributed by atoms with Crippen LogP contribution in [0.1, 0.15) is 17.9 Å². The number of benzene rings is 2. The topological polar surface area (TPSA) is 75.3 Å². The van der Waals surface area contributed by atoms with Crippen LogP contribution in [0.25, 0.3) is 10.8 Å². The van der Waals surface area contributed by atoms with Gasteiger partial charge in [0.1, 0.15) is 0 Å². The fraction of sp³-hybridized carbons (Fsp3) is 0.353. The second-order valence-corrected chi connectivity index (χ2v) is 7.81. The molecular weight excluding hydrogens is 312 g/mol. The second kappa shape index (κ2) is 6.29. The third-order valence-electron chi connectivity index (χ3n) is 4.14. The first-order chi connectivity index (χ1) is 11.0. The Hall–Kier alpha value is -1.92. The highest BCUT2D eigenvalue weighted by molar-refractivity contribution is 7.88. The van der Waals surface area contributed by atoms with Gasteiger partial charge < -0.3 is 5.32 Å². The molecule has 122 valence electrons. The van der Waals surface area contributed by atoms with E-state index in [0.717, 1.165) is 12.7 Å². The Morgan fingerprint density at radius 1 is 1.13 bits per heavy atom. The highest BCUT2D eigenvalue weighted by Crippen LogP contribution is 2.49. The number of amides is 1. The lowest BCUT2D eigenvalue weighted by Gasteiger charge is -2.07.